The monoisotopic (exact) mass is 312 g/mol. The van der Waals surface area contributed by atoms with E-state index in [0.29, 0.717) is 17.9 Å². The number of hydrogen-bond acceptors (Lipinski definition) is 3. The molecular weight excluding hydrogens is 295 g/mol. The number of nitrogens with one attached hydrogen (secondary N) is 1. The van der Waals surface area contributed by atoms with E-state index < -0.39 is 5.92 Å². The van der Waals surface area contributed by atoms with Crippen LogP contribution in [0, 0.1) is 5.82 Å². The quantitative estimate of drug-likeness (QED) is 0.888. The summed E-state index contributed by atoms with van der Waals surface area (Å²) in [7, 11) is 0. The summed E-state index contributed by atoms with van der Waals surface area (Å²) < 4.78 is 14.6. The summed E-state index contributed by atoms with van der Waals surface area (Å²) in [5.41, 5.74) is 6.36. The summed E-state index contributed by atoms with van der Waals surface area (Å²) in [5.74, 6) is -0.461. The van der Waals surface area contributed by atoms with Gasteiger partial charge < -0.3 is 11.1 Å². The molecule has 1 aromatic carbocycles. The van der Waals surface area contributed by atoms with Gasteiger partial charge in [0.25, 0.3) is 0 Å². The zero-order valence-electron chi connectivity index (χ0n) is 11.6. The molecule has 5 nitrogen and oxygen atoms in total. The molecule has 0 spiro atoms. The van der Waals surface area contributed by atoms with E-state index in [1.165, 1.54) is 12.1 Å². The minimum absolute atomic E-state index is 0. The summed E-state index contributed by atoms with van der Waals surface area (Å²) >= 11 is 0. The van der Waals surface area contributed by atoms with E-state index in [9.17, 15) is 9.18 Å². The van der Waals surface area contributed by atoms with Gasteiger partial charge in [-0.05, 0) is 24.6 Å². The highest BCUT2D eigenvalue weighted by Gasteiger charge is 2.20. The normalized spacial score (nSPS) is 11.6. The fourth-order valence-electron chi connectivity index (χ4n) is 1.99. The summed E-state index contributed by atoms with van der Waals surface area (Å²) in [4.78, 5) is 12.3. The number of anilines is 1. The minimum atomic E-state index is -0.518. The van der Waals surface area contributed by atoms with E-state index in [-0.39, 0.29) is 30.7 Å². The first-order chi connectivity index (χ1) is 9.65. The number of rotatable bonds is 5. The highest BCUT2D eigenvalue weighted by molar-refractivity contribution is 5.95. The van der Waals surface area contributed by atoms with Gasteiger partial charge in [0.15, 0.2) is 0 Å². The van der Waals surface area contributed by atoms with Crippen LogP contribution in [-0.4, -0.2) is 22.2 Å². The maximum Gasteiger partial charge on any atom is 0.234 e. The molecule has 0 aliphatic rings. The largest absolute Gasteiger partial charge is 0.329 e. The Bertz CT molecular complexity index is 585. The van der Waals surface area contributed by atoms with Crippen molar-refractivity contribution in [3.8, 4) is 0 Å². The van der Waals surface area contributed by atoms with Gasteiger partial charge in [-0.25, -0.2) is 9.07 Å². The molecule has 0 bridgehead atoms. The first kappa shape index (κ1) is 17.1. The molecule has 0 aliphatic heterocycles. The average Bonchev–Trinajstić information content (AvgIpc) is 2.89. The Morgan fingerprint density at radius 2 is 2.05 bits per heavy atom. The standard InChI is InChI=1S/C14H17FN4O.ClH/c1-2-19-13(7-8-17-19)18-14(20)12(9-16)10-3-5-11(15)6-4-10;/h3-8,12H,2,9,16H2,1H3,(H,18,20);1H. The van der Waals surface area contributed by atoms with Crippen molar-refractivity contribution in [2.45, 2.75) is 19.4 Å². The zero-order chi connectivity index (χ0) is 14.5. The van der Waals surface area contributed by atoms with Crippen molar-refractivity contribution >= 4 is 24.1 Å². The number of carbonyl (C=O) groups excluding carboxylic acids is 1. The van der Waals surface area contributed by atoms with Crippen molar-refractivity contribution in [2.24, 2.45) is 5.73 Å². The fraction of sp³-hybridized carbons (Fsp3) is 0.286. The summed E-state index contributed by atoms with van der Waals surface area (Å²) in [5, 5.41) is 6.87. The molecule has 1 unspecified atom stereocenters. The first-order valence-corrected chi connectivity index (χ1v) is 6.44. The lowest BCUT2D eigenvalue weighted by Crippen LogP contribution is -2.28. The molecule has 0 aliphatic carbocycles. The lowest BCUT2D eigenvalue weighted by Gasteiger charge is -2.15. The van der Waals surface area contributed by atoms with E-state index in [1.54, 1.807) is 29.1 Å². The van der Waals surface area contributed by atoms with E-state index in [4.69, 9.17) is 5.73 Å². The molecule has 0 radical (unpaired) electrons. The third kappa shape index (κ3) is 4.03. The predicted molar refractivity (Wildman–Crippen MR) is 82.0 cm³/mol. The van der Waals surface area contributed by atoms with Crippen LogP contribution in [-0.2, 0) is 11.3 Å². The Kier molecular flexibility index (Phi) is 6.33. The maximum absolute atomic E-state index is 12.9. The average molecular weight is 313 g/mol. The predicted octanol–water partition coefficient (Wildman–Crippen LogP) is 2.14. The molecule has 2 rings (SSSR count). The van der Waals surface area contributed by atoms with Gasteiger partial charge in [-0.3, -0.25) is 4.79 Å². The number of nitrogens with two attached hydrogens (primary N) is 1. The van der Waals surface area contributed by atoms with Gasteiger partial charge in [-0.15, -0.1) is 12.4 Å². The van der Waals surface area contributed by atoms with Gasteiger partial charge >= 0.3 is 0 Å². The number of halogens is 2. The molecule has 0 fully saturated rings. The third-order valence-corrected chi connectivity index (χ3v) is 3.09. The van der Waals surface area contributed by atoms with Gasteiger partial charge in [0.05, 0.1) is 12.1 Å². The minimum Gasteiger partial charge on any atom is -0.329 e. The molecule has 2 aromatic rings. The van der Waals surface area contributed by atoms with Crippen LogP contribution in [0.3, 0.4) is 0 Å². The highest BCUT2D eigenvalue weighted by Crippen LogP contribution is 2.18. The second-order valence-electron chi connectivity index (χ2n) is 4.36. The first-order valence-electron chi connectivity index (χ1n) is 6.44. The van der Waals surface area contributed by atoms with Crippen molar-refractivity contribution in [3.63, 3.8) is 0 Å². The Morgan fingerprint density at radius 1 is 1.38 bits per heavy atom. The Labute approximate surface area is 128 Å². The SMILES string of the molecule is CCn1nccc1NC(=O)C(CN)c1ccc(F)cc1.Cl. The van der Waals surface area contributed by atoms with Gasteiger partial charge in [0.1, 0.15) is 11.6 Å². The number of carbonyl (C=O) groups is 1. The van der Waals surface area contributed by atoms with E-state index in [2.05, 4.69) is 10.4 Å². The van der Waals surface area contributed by atoms with E-state index in [0.717, 1.165) is 0 Å². The molecule has 114 valence electrons. The second-order valence-corrected chi connectivity index (χ2v) is 4.36. The molecule has 1 atom stereocenters. The molecule has 21 heavy (non-hydrogen) atoms. The number of aryl methyl sites for hydroxylation is 1. The van der Waals surface area contributed by atoms with Crippen LogP contribution in [0.5, 0.6) is 0 Å². The van der Waals surface area contributed by atoms with Crippen LogP contribution in [0.1, 0.15) is 18.4 Å². The maximum atomic E-state index is 12.9. The van der Waals surface area contributed by atoms with E-state index in [1.807, 2.05) is 6.92 Å². The van der Waals surface area contributed by atoms with Gasteiger partial charge in [0, 0.05) is 19.2 Å². The fourth-order valence-corrected chi connectivity index (χ4v) is 1.99. The molecule has 1 aromatic heterocycles. The molecule has 0 saturated carbocycles. The smallest absolute Gasteiger partial charge is 0.234 e. The van der Waals surface area contributed by atoms with E-state index >= 15 is 0 Å². The number of nitrogens with zero attached hydrogens (tertiary/aromatic N) is 2. The number of hydrogen-bond donors (Lipinski definition) is 2. The summed E-state index contributed by atoms with van der Waals surface area (Å²) in [6, 6.07) is 7.51. The number of benzene rings is 1. The van der Waals surface area contributed by atoms with Crippen LogP contribution in [0.4, 0.5) is 10.2 Å². The Hall–Kier alpha value is -1.92. The second kappa shape index (κ2) is 7.75. The molecular formula is C14H18ClFN4O. The van der Waals surface area contributed by atoms with Gasteiger partial charge in [-0.1, -0.05) is 12.1 Å². The zero-order valence-corrected chi connectivity index (χ0v) is 12.4. The summed E-state index contributed by atoms with van der Waals surface area (Å²) in [6.07, 6.45) is 1.62. The van der Waals surface area contributed by atoms with Crippen LogP contribution >= 0.6 is 12.4 Å². The molecule has 7 heteroatoms. The Morgan fingerprint density at radius 3 is 2.62 bits per heavy atom. The van der Waals surface area contributed by atoms with Crippen LogP contribution < -0.4 is 11.1 Å². The lowest BCUT2D eigenvalue weighted by molar-refractivity contribution is -0.117. The van der Waals surface area contributed by atoms with Gasteiger partial charge in [-0.2, -0.15) is 5.10 Å². The van der Waals surface area contributed by atoms with Crippen molar-refractivity contribution < 1.29 is 9.18 Å². The van der Waals surface area contributed by atoms with Crippen LogP contribution in [0.15, 0.2) is 36.5 Å². The van der Waals surface area contributed by atoms with Crippen molar-refractivity contribution in [1.82, 2.24) is 9.78 Å². The molecule has 0 saturated heterocycles. The lowest BCUT2D eigenvalue weighted by atomic mass is 9.98. The third-order valence-electron chi connectivity index (χ3n) is 3.09. The Balaban J connectivity index is 0.00000220. The molecule has 3 N–H and O–H groups in total. The molecule has 1 heterocycles. The van der Waals surface area contributed by atoms with Crippen molar-refractivity contribution in [1.29, 1.82) is 0 Å². The van der Waals surface area contributed by atoms with Crippen molar-refractivity contribution in [2.75, 3.05) is 11.9 Å². The number of aromatic nitrogens is 2. The van der Waals surface area contributed by atoms with Crippen LogP contribution in [0.2, 0.25) is 0 Å². The topological polar surface area (TPSA) is 72.9 Å². The van der Waals surface area contributed by atoms with Crippen LogP contribution in [0.25, 0.3) is 0 Å². The highest BCUT2D eigenvalue weighted by atomic mass is 35.5. The summed E-state index contributed by atoms with van der Waals surface area (Å²) in [6.45, 7) is 2.74. The van der Waals surface area contributed by atoms with Gasteiger partial charge in [0.2, 0.25) is 5.91 Å². The molecule has 1 amide bonds. The van der Waals surface area contributed by atoms with Crippen molar-refractivity contribution in [3.05, 3.63) is 47.9 Å². The number of amides is 1.